The fourth-order valence-electron chi connectivity index (χ4n) is 2.86. The molecule has 4 nitrogen and oxygen atoms in total. The molecule has 0 aromatic heterocycles. The van der Waals surface area contributed by atoms with Crippen molar-refractivity contribution in [1.29, 1.82) is 0 Å². The Morgan fingerprint density at radius 3 is 2.75 bits per heavy atom. The van der Waals surface area contributed by atoms with Crippen molar-refractivity contribution in [3.05, 3.63) is 28.8 Å². The topological polar surface area (TPSA) is 58.4 Å². The minimum atomic E-state index is -0.189. The summed E-state index contributed by atoms with van der Waals surface area (Å²) in [6, 6.07) is 6.04. The molecule has 1 aromatic rings. The van der Waals surface area contributed by atoms with Gasteiger partial charge in [0.25, 0.3) is 0 Å². The van der Waals surface area contributed by atoms with E-state index in [0.717, 1.165) is 37.5 Å². The van der Waals surface area contributed by atoms with Crippen LogP contribution in [0.1, 0.15) is 24.8 Å². The van der Waals surface area contributed by atoms with Crippen molar-refractivity contribution in [2.24, 2.45) is 11.7 Å². The van der Waals surface area contributed by atoms with Crippen molar-refractivity contribution in [1.82, 2.24) is 5.32 Å². The fourth-order valence-corrected chi connectivity index (χ4v) is 3.05. The molecular weight excluding hydrogens is 274 g/mol. The highest BCUT2D eigenvalue weighted by Gasteiger charge is 2.22. The maximum Gasteiger partial charge on any atom is 0.217 e. The second-order valence-corrected chi connectivity index (χ2v) is 5.84. The third-order valence-corrected chi connectivity index (χ3v) is 4.09. The zero-order valence-corrected chi connectivity index (χ0v) is 12.6. The predicted octanol–water partition coefficient (Wildman–Crippen LogP) is 2.15. The summed E-state index contributed by atoms with van der Waals surface area (Å²) < 4.78 is 0. The van der Waals surface area contributed by atoms with Gasteiger partial charge in [0.05, 0.1) is 0 Å². The minimum Gasteiger partial charge on any atom is -0.371 e. The number of carbonyl (C=O) groups is 1. The van der Waals surface area contributed by atoms with Crippen LogP contribution in [0.5, 0.6) is 0 Å². The molecule has 0 spiro atoms. The number of primary amides is 1. The maximum absolute atomic E-state index is 11.0. The van der Waals surface area contributed by atoms with Crippen LogP contribution in [0.25, 0.3) is 0 Å². The first-order valence-corrected chi connectivity index (χ1v) is 7.44. The van der Waals surface area contributed by atoms with E-state index in [1.165, 1.54) is 11.3 Å². The van der Waals surface area contributed by atoms with E-state index in [1.54, 1.807) is 0 Å². The summed E-state index contributed by atoms with van der Waals surface area (Å²) in [5.41, 5.74) is 7.73. The lowest BCUT2D eigenvalue weighted by Crippen LogP contribution is -2.35. The van der Waals surface area contributed by atoms with E-state index in [1.807, 2.05) is 19.2 Å². The number of amides is 1. The molecule has 0 atom stereocenters. The van der Waals surface area contributed by atoms with Crippen LogP contribution in [0.2, 0.25) is 5.02 Å². The number of nitrogens with two attached hydrogens (primary N) is 1. The first-order chi connectivity index (χ1) is 9.60. The number of rotatable bonds is 5. The summed E-state index contributed by atoms with van der Waals surface area (Å²) >= 11 is 6.07. The number of nitrogens with zero attached hydrogens (tertiary/aromatic N) is 1. The van der Waals surface area contributed by atoms with Gasteiger partial charge in [-0.25, -0.2) is 0 Å². The molecular formula is C15H22ClN3O. The molecule has 110 valence electrons. The minimum absolute atomic E-state index is 0.189. The molecule has 1 heterocycles. The first-order valence-electron chi connectivity index (χ1n) is 7.06. The second kappa shape index (κ2) is 6.95. The summed E-state index contributed by atoms with van der Waals surface area (Å²) in [6.45, 7) is 2.74. The number of benzene rings is 1. The average molecular weight is 296 g/mol. The summed E-state index contributed by atoms with van der Waals surface area (Å²) in [5.74, 6) is 0.245. The molecule has 1 aromatic carbocycles. The summed E-state index contributed by atoms with van der Waals surface area (Å²) in [4.78, 5) is 13.4. The molecule has 2 rings (SSSR count). The summed E-state index contributed by atoms with van der Waals surface area (Å²) in [6.07, 6.45) is 2.55. The van der Waals surface area contributed by atoms with E-state index in [4.69, 9.17) is 17.3 Å². The highest BCUT2D eigenvalue weighted by atomic mass is 35.5. The summed E-state index contributed by atoms with van der Waals surface area (Å²) in [7, 11) is 1.93. The van der Waals surface area contributed by atoms with Crippen LogP contribution in [0.4, 0.5) is 5.69 Å². The number of anilines is 1. The Kier molecular flexibility index (Phi) is 5.26. The lowest BCUT2D eigenvalue weighted by Gasteiger charge is -2.34. The van der Waals surface area contributed by atoms with Gasteiger partial charge in [0, 0.05) is 36.8 Å². The Morgan fingerprint density at radius 1 is 1.45 bits per heavy atom. The monoisotopic (exact) mass is 295 g/mol. The number of hydrogen-bond donors (Lipinski definition) is 2. The molecule has 0 saturated carbocycles. The van der Waals surface area contributed by atoms with Crippen LogP contribution in [-0.4, -0.2) is 26.0 Å². The van der Waals surface area contributed by atoms with Gasteiger partial charge < -0.3 is 16.0 Å². The van der Waals surface area contributed by atoms with E-state index in [9.17, 15) is 4.79 Å². The van der Waals surface area contributed by atoms with Crippen LogP contribution in [0.15, 0.2) is 18.2 Å². The molecule has 1 saturated heterocycles. The highest BCUT2D eigenvalue weighted by molar-refractivity contribution is 6.30. The van der Waals surface area contributed by atoms with Gasteiger partial charge in [-0.05, 0) is 49.6 Å². The Morgan fingerprint density at radius 2 is 2.15 bits per heavy atom. The Labute approximate surface area is 125 Å². The second-order valence-electron chi connectivity index (χ2n) is 5.40. The quantitative estimate of drug-likeness (QED) is 0.875. The normalized spacial score (nSPS) is 16.4. The SMILES string of the molecule is CNCc1cc(Cl)ccc1N1CCC(CC(N)=O)CC1. The molecule has 1 fully saturated rings. The molecule has 0 radical (unpaired) electrons. The zero-order chi connectivity index (χ0) is 14.5. The number of piperidine rings is 1. The number of carbonyl (C=O) groups excluding carboxylic acids is 1. The van der Waals surface area contributed by atoms with Crippen LogP contribution in [-0.2, 0) is 11.3 Å². The standard InChI is InChI=1S/C15H22ClN3O/c1-18-10-12-9-13(16)2-3-14(12)19-6-4-11(5-7-19)8-15(17)20/h2-3,9,11,18H,4-8,10H2,1H3,(H2,17,20). The molecule has 0 unspecified atom stereocenters. The summed E-state index contributed by atoms with van der Waals surface area (Å²) in [5, 5.41) is 3.95. The molecule has 0 bridgehead atoms. The van der Waals surface area contributed by atoms with Gasteiger partial charge in [0.1, 0.15) is 0 Å². The maximum atomic E-state index is 11.0. The van der Waals surface area contributed by atoms with Crippen LogP contribution in [0.3, 0.4) is 0 Å². The number of hydrogen-bond acceptors (Lipinski definition) is 3. The smallest absolute Gasteiger partial charge is 0.217 e. The van der Waals surface area contributed by atoms with Crippen molar-refractivity contribution >= 4 is 23.2 Å². The Hall–Kier alpha value is -1.26. The predicted molar refractivity (Wildman–Crippen MR) is 83.0 cm³/mol. The lowest BCUT2D eigenvalue weighted by atomic mass is 9.92. The largest absolute Gasteiger partial charge is 0.371 e. The Balaban J connectivity index is 2.04. The third kappa shape index (κ3) is 3.87. The van der Waals surface area contributed by atoms with E-state index in [-0.39, 0.29) is 5.91 Å². The molecule has 5 heteroatoms. The highest BCUT2D eigenvalue weighted by Crippen LogP contribution is 2.29. The van der Waals surface area contributed by atoms with E-state index in [2.05, 4.69) is 16.3 Å². The van der Waals surface area contributed by atoms with Gasteiger partial charge in [-0.1, -0.05) is 11.6 Å². The van der Waals surface area contributed by atoms with Crippen molar-refractivity contribution in [3.63, 3.8) is 0 Å². The first kappa shape index (κ1) is 15.1. The van der Waals surface area contributed by atoms with Gasteiger partial charge in [0.15, 0.2) is 0 Å². The van der Waals surface area contributed by atoms with Gasteiger partial charge in [-0.2, -0.15) is 0 Å². The molecule has 20 heavy (non-hydrogen) atoms. The molecule has 0 aliphatic carbocycles. The molecule has 1 amide bonds. The fraction of sp³-hybridized carbons (Fsp3) is 0.533. The van der Waals surface area contributed by atoms with Crippen molar-refractivity contribution in [2.75, 3.05) is 25.0 Å². The molecule has 1 aliphatic rings. The molecule has 3 N–H and O–H groups in total. The third-order valence-electron chi connectivity index (χ3n) is 3.85. The van der Waals surface area contributed by atoms with Crippen LogP contribution in [0, 0.1) is 5.92 Å². The van der Waals surface area contributed by atoms with E-state index < -0.39 is 0 Å². The zero-order valence-electron chi connectivity index (χ0n) is 11.9. The van der Waals surface area contributed by atoms with E-state index >= 15 is 0 Å². The average Bonchev–Trinajstić information content (AvgIpc) is 2.40. The van der Waals surface area contributed by atoms with Gasteiger partial charge >= 0.3 is 0 Å². The Bertz CT molecular complexity index is 470. The van der Waals surface area contributed by atoms with E-state index in [0.29, 0.717) is 12.3 Å². The van der Waals surface area contributed by atoms with Gasteiger partial charge in [-0.3, -0.25) is 4.79 Å². The molecule has 1 aliphatic heterocycles. The van der Waals surface area contributed by atoms with Crippen molar-refractivity contribution in [3.8, 4) is 0 Å². The number of nitrogens with one attached hydrogen (secondary N) is 1. The lowest BCUT2D eigenvalue weighted by molar-refractivity contribution is -0.119. The van der Waals surface area contributed by atoms with Gasteiger partial charge in [-0.15, -0.1) is 0 Å². The van der Waals surface area contributed by atoms with Crippen LogP contribution < -0.4 is 16.0 Å². The number of halogens is 1. The van der Waals surface area contributed by atoms with Crippen molar-refractivity contribution in [2.45, 2.75) is 25.8 Å². The van der Waals surface area contributed by atoms with Crippen molar-refractivity contribution < 1.29 is 4.79 Å². The van der Waals surface area contributed by atoms with Crippen LogP contribution >= 0.6 is 11.6 Å². The van der Waals surface area contributed by atoms with Gasteiger partial charge in [0.2, 0.25) is 5.91 Å².